The molecule has 0 atom stereocenters. The van der Waals surface area contributed by atoms with Crippen LogP contribution in [-0.2, 0) is 0 Å². The van der Waals surface area contributed by atoms with E-state index in [1.54, 1.807) is 0 Å². The molecule has 0 saturated carbocycles. The Morgan fingerprint density at radius 2 is 0.615 bits per heavy atom. The molecule has 0 heterocycles. The first-order valence-corrected chi connectivity index (χ1v) is 18.5. The van der Waals surface area contributed by atoms with E-state index in [-0.39, 0.29) is 17.0 Å². The van der Waals surface area contributed by atoms with Crippen LogP contribution in [0, 0.1) is 0 Å². The highest BCUT2D eigenvalue weighted by Gasteiger charge is 2.12. The number of hydrogen-bond donors (Lipinski definition) is 0. The van der Waals surface area contributed by atoms with Crippen LogP contribution < -0.4 is 0 Å². The van der Waals surface area contributed by atoms with Gasteiger partial charge in [-0.1, -0.05) is 158 Å². The van der Waals surface area contributed by atoms with E-state index in [9.17, 15) is 0 Å². The summed E-state index contributed by atoms with van der Waals surface area (Å²) >= 11 is 3.55. The third kappa shape index (κ3) is 43.5. The molecule has 0 spiro atoms. The Kier molecular flexibility index (Phi) is 37.9. The predicted octanol–water partition coefficient (Wildman–Crippen LogP) is 12.1. The van der Waals surface area contributed by atoms with Gasteiger partial charge >= 0.3 is 0 Å². The van der Waals surface area contributed by atoms with E-state index < -0.39 is 0 Å². The maximum Gasteiger partial charge on any atom is 0.0880 e. The zero-order chi connectivity index (χ0) is 28.8. The molecule has 0 fully saturated rings. The van der Waals surface area contributed by atoms with Crippen LogP contribution in [0.5, 0.6) is 0 Å². The van der Waals surface area contributed by atoms with Gasteiger partial charge in [-0.25, -0.2) is 0 Å². The van der Waals surface area contributed by atoms with Crippen molar-refractivity contribution >= 4 is 32.9 Å². The second kappa shape index (κ2) is 33.4. The van der Waals surface area contributed by atoms with Crippen molar-refractivity contribution in [1.82, 2.24) is 0 Å². The lowest BCUT2D eigenvalue weighted by molar-refractivity contribution is -0.887. The fraction of sp³-hybridized carbons (Fsp3) is 1.00. The Morgan fingerprint density at radius 1 is 0.359 bits per heavy atom. The number of hydrogen-bond acceptors (Lipinski definition) is 0. The van der Waals surface area contributed by atoms with Crippen LogP contribution in [0.4, 0.5) is 0 Å². The van der Waals surface area contributed by atoms with Crippen molar-refractivity contribution in [2.45, 2.75) is 168 Å². The normalized spacial score (nSPS) is 11.7. The highest BCUT2D eigenvalue weighted by molar-refractivity contribution is 9.09. The van der Waals surface area contributed by atoms with Crippen molar-refractivity contribution in [1.29, 1.82) is 0 Å². The lowest BCUT2D eigenvalue weighted by Crippen LogP contribution is -2.41. The molecule has 0 amide bonds. The van der Waals surface area contributed by atoms with Crippen molar-refractivity contribution in [2.24, 2.45) is 0 Å². The Balaban J connectivity index is -0.000000679. The zero-order valence-corrected chi connectivity index (χ0v) is 31.8. The molecule has 0 aromatic heterocycles. The summed E-state index contributed by atoms with van der Waals surface area (Å²) in [4.78, 5) is 0. The van der Waals surface area contributed by atoms with Gasteiger partial charge in [-0.15, -0.1) is 17.0 Å². The Bertz CT molecular complexity index is 435. The summed E-state index contributed by atoms with van der Waals surface area (Å²) in [5.41, 5.74) is 0. The first kappa shape index (κ1) is 44.3. The molecule has 39 heavy (non-hydrogen) atoms. The van der Waals surface area contributed by atoms with E-state index in [4.69, 9.17) is 0 Å². The number of unbranched alkanes of at least 4 members (excludes halogenated alkanes) is 22. The quantitative estimate of drug-likeness (QED) is 0.0437. The minimum absolute atomic E-state index is 0. The topological polar surface area (TPSA) is 0 Å². The molecular weight excluding hydrogens is 608 g/mol. The SMILES string of the molecule is Br.CCCCCCCCCCCCCCCC[N+](C)(C)CCBr.CCCCCCCCCCCC[N+](C)(C)C. The predicted molar refractivity (Wildman–Crippen MR) is 191 cm³/mol. The highest BCUT2D eigenvalue weighted by atomic mass is 79.9. The van der Waals surface area contributed by atoms with E-state index in [0.29, 0.717) is 0 Å². The van der Waals surface area contributed by atoms with Crippen LogP contribution in [0.25, 0.3) is 0 Å². The number of nitrogens with zero attached hydrogens (tertiary/aromatic N) is 2. The number of halogens is 2. The molecule has 0 saturated heterocycles. The zero-order valence-electron chi connectivity index (χ0n) is 28.5. The van der Waals surface area contributed by atoms with Gasteiger partial charge in [0.15, 0.2) is 0 Å². The standard InChI is InChI=1S/C20H43BrN.C15H34N.BrH/c1-4-5-6-7-8-9-10-11-12-13-14-15-16-17-19-22(2,3)20-18-21;1-5-6-7-8-9-10-11-12-13-14-15-16(2,3)4;/h4-20H2,1-3H3;5-15H2,1-4H3;1H/q2*+1;. The molecule has 0 rings (SSSR count). The van der Waals surface area contributed by atoms with Gasteiger partial charge in [-0.3, -0.25) is 0 Å². The van der Waals surface area contributed by atoms with Crippen molar-refractivity contribution in [3.63, 3.8) is 0 Å². The molecule has 0 aliphatic heterocycles. The number of rotatable bonds is 28. The summed E-state index contributed by atoms with van der Waals surface area (Å²) in [6.45, 7) is 8.50. The van der Waals surface area contributed by atoms with Crippen molar-refractivity contribution < 1.29 is 8.97 Å². The van der Waals surface area contributed by atoms with Gasteiger partial charge < -0.3 is 8.97 Å². The van der Waals surface area contributed by atoms with E-state index in [0.717, 1.165) is 9.81 Å². The lowest BCUT2D eigenvalue weighted by atomic mass is 10.0. The maximum atomic E-state index is 3.55. The molecular formula is C35H78Br2N2+2. The average molecular weight is 687 g/mol. The van der Waals surface area contributed by atoms with Gasteiger partial charge in [-0.05, 0) is 25.7 Å². The second-order valence-corrected chi connectivity index (χ2v) is 14.7. The third-order valence-corrected chi connectivity index (χ3v) is 8.34. The number of quaternary nitrogens is 2. The molecule has 0 aliphatic rings. The van der Waals surface area contributed by atoms with Crippen molar-refractivity contribution in [3.8, 4) is 0 Å². The number of alkyl halides is 1. The van der Waals surface area contributed by atoms with Gasteiger partial charge in [0.05, 0.1) is 60.2 Å². The minimum atomic E-state index is 0. The third-order valence-electron chi connectivity index (χ3n) is 7.99. The van der Waals surface area contributed by atoms with Crippen molar-refractivity contribution in [3.05, 3.63) is 0 Å². The molecule has 0 bridgehead atoms. The second-order valence-electron chi connectivity index (χ2n) is 13.9. The van der Waals surface area contributed by atoms with E-state index in [1.807, 2.05) is 0 Å². The van der Waals surface area contributed by atoms with Crippen LogP contribution in [0.15, 0.2) is 0 Å². The molecule has 0 aromatic rings. The monoisotopic (exact) mass is 684 g/mol. The summed E-state index contributed by atoms with van der Waals surface area (Å²) in [6, 6.07) is 0. The summed E-state index contributed by atoms with van der Waals surface area (Å²) in [7, 11) is 11.6. The Morgan fingerprint density at radius 3 is 0.872 bits per heavy atom. The lowest BCUT2D eigenvalue weighted by Gasteiger charge is -2.29. The molecule has 0 aliphatic carbocycles. The fourth-order valence-corrected chi connectivity index (χ4v) is 6.11. The van der Waals surface area contributed by atoms with Gasteiger partial charge in [0.25, 0.3) is 0 Å². The molecule has 0 radical (unpaired) electrons. The molecule has 2 nitrogen and oxygen atoms in total. The maximum absolute atomic E-state index is 3.55. The van der Waals surface area contributed by atoms with Crippen molar-refractivity contribution in [2.75, 3.05) is 60.2 Å². The average Bonchev–Trinajstić information content (AvgIpc) is 2.85. The molecule has 4 heteroatoms. The Hall–Kier alpha value is 0.880. The largest absolute Gasteiger partial charge is 0.331 e. The van der Waals surface area contributed by atoms with E-state index in [1.165, 1.54) is 178 Å². The minimum Gasteiger partial charge on any atom is -0.331 e. The van der Waals surface area contributed by atoms with Gasteiger partial charge in [0.2, 0.25) is 0 Å². The van der Waals surface area contributed by atoms with E-state index >= 15 is 0 Å². The van der Waals surface area contributed by atoms with Gasteiger partial charge in [-0.2, -0.15) is 0 Å². The first-order valence-electron chi connectivity index (χ1n) is 17.4. The molecule has 0 N–H and O–H groups in total. The fourth-order valence-electron chi connectivity index (χ4n) is 5.15. The van der Waals surface area contributed by atoms with Gasteiger partial charge in [0.1, 0.15) is 0 Å². The first-order chi connectivity index (χ1) is 18.2. The Labute approximate surface area is 268 Å². The molecule has 0 unspecified atom stereocenters. The summed E-state index contributed by atoms with van der Waals surface area (Å²) in [5.74, 6) is 0. The smallest absolute Gasteiger partial charge is 0.0880 e. The van der Waals surface area contributed by atoms with Crippen LogP contribution >= 0.6 is 32.9 Å². The van der Waals surface area contributed by atoms with Crippen LogP contribution in [-0.4, -0.2) is 69.2 Å². The molecule has 0 aromatic carbocycles. The van der Waals surface area contributed by atoms with Gasteiger partial charge in [0, 0.05) is 0 Å². The van der Waals surface area contributed by atoms with Crippen LogP contribution in [0.3, 0.4) is 0 Å². The molecule has 240 valence electrons. The summed E-state index contributed by atoms with van der Waals surface area (Å²) in [5, 5.41) is 1.12. The van der Waals surface area contributed by atoms with Crippen LogP contribution in [0.2, 0.25) is 0 Å². The summed E-state index contributed by atoms with van der Waals surface area (Å²) in [6.07, 6.45) is 34.7. The van der Waals surface area contributed by atoms with E-state index in [2.05, 4.69) is 65.0 Å². The summed E-state index contributed by atoms with van der Waals surface area (Å²) < 4.78 is 2.29. The highest BCUT2D eigenvalue weighted by Crippen LogP contribution is 2.14. The van der Waals surface area contributed by atoms with Crippen LogP contribution in [0.1, 0.15) is 168 Å².